The third kappa shape index (κ3) is 2.91. The molecule has 4 heteroatoms. The SMILES string of the molecule is CSC1(CNC(=O)C(C#N)C(C)C)CCC1. The Morgan fingerprint density at radius 3 is 2.50 bits per heavy atom. The molecule has 1 aliphatic carbocycles. The number of hydrogen-bond acceptors (Lipinski definition) is 3. The summed E-state index contributed by atoms with van der Waals surface area (Å²) < 4.78 is 0.243. The van der Waals surface area contributed by atoms with Crippen LogP contribution in [0.15, 0.2) is 0 Å². The second-order valence-electron chi connectivity index (χ2n) is 4.81. The highest BCUT2D eigenvalue weighted by Crippen LogP contribution is 2.42. The third-order valence-corrected chi connectivity index (χ3v) is 4.79. The van der Waals surface area contributed by atoms with Crippen molar-refractivity contribution in [1.82, 2.24) is 5.32 Å². The predicted octanol–water partition coefficient (Wildman–Crippen LogP) is 2.18. The van der Waals surface area contributed by atoms with Crippen molar-refractivity contribution in [2.45, 2.75) is 37.9 Å². The molecule has 16 heavy (non-hydrogen) atoms. The van der Waals surface area contributed by atoms with Gasteiger partial charge in [0.2, 0.25) is 5.91 Å². The van der Waals surface area contributed by atoms with Gasteiger partial charge in [-0.25, -0.2) is 0 Å². The van der Waals surface area contributed by atoms with Crippen LogP contribution in [0.25, 0.3) is 0 Å². The van der Waals surface area contributed by atoms with E-state index in [2.05, 4.69) is 17.6 Å². The van der Waals surface area contributed by atoms with E-state index < -0.39 is 5.92 Å². The van der Waals surface area contributed by atoms with E-state index in [0.29, 0.717) is 6.54 Å². The first-order valence-electron chi connectivity index (χ1n) is 5.77. The number of carbonyl (C=O) groups is 1. The molecule has 1 rings (SSSR count). The van der Waals surface area contributed by atoms with Gasteiger partial charge >= 0.3 is 0 Å². The molecule has 1 N–H and O–H groups in total. The molecule has 1 fully saturated rings. The molecular formula is C12H20N2OS. The molecule has 0 saturated heterocycles. The second kappa shape index (κ2) is 5.58. The van der Waals surface area contributed by atoms with Crippen LogP contribution in [0.2, 0.25) is 0 Å². The lowest BCUT2D eigenvalue weighted by atomic mass is 9.84. The fourth-order valence-corrected chi connectivity index (χ4v) is 2.81. The number of hydrogen-bond donors (Lipinski definition) is 1. The lowest BCUT2D eigenvalue weighted by Crippen LogP contribution is -2.47. The highest BCUT2D eigenvalue weighted by Gasteiger charge is 2.37. The van der Waals surface area contributed by atoms with Gasteiger partial charge in [-0.2, -0.15) is 17.0 Å². The topological polar surface area (TPSA) is 52.9 Å². The second-order valence-corrected chi connectivity index (χ2v) is 6.08. The lowest BCUT2D eigenvalue weighted by molar-refractivity contribution is -0.124. The first-order valence-corrected chi connectivity index (χ1v) is 6.99. The fourth-order valence-electron chi connectivity index (χ4n) is 1.89. The summed E-state index contributed by atoms with van der Waals surface area (Å²) in [6.45, 7) is 4.51. The molecule has 0 aromatic rings. The first-order chi connectivity index (χ1) is 7.54. The monoisotopic (exact) mass is 240 g/mol. The third-order valence-electron chi connectivity index (χ3n) is 3.37. The molecule has 0 heterocycles. The van der Waals surface area contributed by atoms with Crippen LogP contribution in [0.4, 0.5) is 0 Å². The zero-order valence-corrected chi connectivity index (χ0v) is 11.1. The molecular weight excluding hydrogens is 220 g/mol. The predicted molar refractivity (Wildman–Crippen MR) is 67.0 cm³/mol. The maximum Gasteiger partial charge on any atom is 0.237 e. The molecule has 1 atom stereocenters. The number of thioether (sulfide) groups is 1. The molecule has 1 aliphatic rings. The van der Waals surface area contributed by atoms with Crippen LogP contribution in [-0.4, -0.2) is 23.5 Å². The number of nitriles is 1. The number of carbonyl (C=O) groups excluding carboxylic acids is 1. The quantitative estimate of drug-likeness (QED) is 0.801. The molecule has 1 saturated carbocycles. The van der Waals surface area contributed by atoms with E-state index in [1.165, 1.54) is 19.3 Å². The van der Waals surface area contributed by atoms with E-state index in [1.54, 1.807) is 0 Å². The van der Waals surface area contributed by atoms with Crippen LogP contribution < -0.4 is 5.32 Å². The van der Waals surface area contributed by atoms with Crippen molar-refractivity contribution in [2.75, 3.05) is 12.8 Å². The van der Waals surface area contributed by atoms with Gasteiger partial charge in [-0.1, -0.05) is 20.3 Å². The van der Waals surface area contributed by atoms with Crippen molar-refractivity contribution in [3.8, 4) is 6.07 Å². The zero-order chi connectivity index (χ0) is 12.2. The molecule has 3 nitrogen and oxygen atoms in total. The molecule has 0 radical (unpaired) electrons. The van der Waals surface area contributed by atoms with E-state index in [0.717, 1.165) is 0 Å². The summed E-state index contributed by atoms with van der Waals surface area (Å²) in [5, 5.41) is 11.8. The summed E-state index contributed by atoms with van der Waals surface area (Å²) in [5.74, 6) is -0.548. The van der Waals surface area contributed by atoms with Crippen LogP contribution in [0, 0.1) is 23.2 Å². The van der Waals surface area contributed by atoms with Crippen molar-refractivity contribution in [2.24, 2.45) is 11.8 Å². The number of nitrogens with zero attached hydrogens (tertiary/aromatic N) is 1. The molecule has 0 aromatic carbocycles. The van der Waals surface area contributed by atoms with Crippen LogP contribution in [0.5, 0.6) is 0 Å². The van der Waals surface area contributed by atoms with Gasteiger partial charge in [0.15, 0.2) is 0 Å². The molecule has 0 aliphatic heterocycles. The Hall–Kier alpha value is -0.690. The van der Waals surface area contributed by atoms with Crippen LogP contribution >= 0.6 is 11.8 Å². The summed E-state index contributed by atoms with van der Waals surface area (Å²) in [6, 6.07) is 2.07. The minimum absolute atomic E-state index is 0.0802. The molecule has 90 valence electrons. The molecule has 0 aromatic heterocycles. The van der Waals surface area contributed by atoms with Crippen LogP contribution in [-0.2, 0) is 4.79 Å². The summed E-state index contributed by atoms with van der Waals surface area (Å²) in [5.41, 5.74) is 0. The Kier molecular flexibility index (Phi) is 4.67. The van der Waals surface area contributed by atoms with Gasteiger partial charge in [-0.15, -0.1) is 0 Å². The lowest BCUT2D eigenvalue weighted by Gasteiger charge is -2.40. The molecule has 1 amide bonds. The van der Waals surface area contributed by atoms with E-state index in [1.807, 2.05) is 25.6 Å². The summed E-state index contributed by atoms with van der Waals surface area (Å²) in [7, 11) is 0. The Labute approximate surface area is 102 Å². The van der Waals surface area contributed by atoms with Crippen LogP contribution in [0.1, 0.15) is 33.1 Å². The number of rotatable bonds is 5. The van der Waals surface area contributed by atoms with Gasteiger partial charge in [0.05, 0.1) is 6.07 Å². The normalized spacial score (nSPS) is 19.7. The summed E-state index contributed by atoms with van der Waals surface area (Å²) in [6.07, 6.45) is 5.69. The maximum absolute atomic E-state index is 11.8. The summed E-state index contributed by atoms with van der Waals surface area (Å²) in [4.78, 5) is 11.8. The van der Waals surface area contributed by atoms with Crippen LogP contribution in [0.3, 0.4) is 0 Å². The molecule has 1 unspecified atom stereocenters. The van der Waals surface area contributed by atoms with Crippen molar-refractivity contribution in [3.05, 3.63) is 0 Å². The fraction of sp³-hybridized carbons (Fsp3) is 0.833. The Morgan fingerprint density at radius 2 is 2.19 bits per heavy atom. The van der Waals surface area contributed by atoms with Crippen molar-refractivity contribution < 1.29 is 4.79 Å². The first kappa shape index (κ1) is 13.4. The Bertz CT molecular complexity index is 286. The van der Waals surface area contributed by atoms with E-state index in [4.69, 9.17) is 5.26 Å². The van der Waals surface area contributed by atoms with Gasteiger partial charge in [-0.05, 0) is 25.0 Å². The average Bonchev–Trinajstić information content (AvgIpc) is 2.17. The van der Waals surface area contributed by atoms with E-state index in [-0.39, 0.29) is 16.6 Å². The Morgan fingerprint density at radius 1 is 1.56 bits per heavy atom. The van der Waals surface area contributed by atoms with Crippen molar-refractivity contribution in [1.29, 1.82) is 5.26 Å². The highest BCUT2D eigenvalue weighted by atomic mass is 32.2. The van der Waals surface area contributed by atoms with Gasteiger partial charge in [0, 0.05) is 11.3 Å². The number of amides is 1. The van der Waals surface area contributed by atoms with Gasteiger partial charge in [-0.3, -0.25) is 4.79 Å². The molecule has 0 spiro atoms. The van der Waals surface area contributed by atoms with Gasteiger partial charge < -0.3 is 5.32 Å². The van der Waals surface area contributed by atoms with E-state index >= 15 is 0 Å². The highest BCUT2D eigenvalue weighted by molar-refractivity contribution is 8.00. The summed E-state index contributed by atoms with van der Waals surface area (Å²) >= 11 is 1.83. The number of nitrogens with one attached hydrogen (secondary N) is 1. The van der Waals surface area contributed by atoms with Gasteiger partial charge in [0.25, 0.3) is 0 Å². The molecule has 0 bridgehead atoms. The van der Waals surface area contributed by atoms with E-state index in [9.17, 15) is 4.79 Å². The smallest absolute Gasteiger partial charge is 0.237 e. The standard InChI is InChI=1S/C12H20N2OS/c1-9(2)10(7-13)11(15)14-8-12(16-3)5-4-6-12/h9-10H,4-6,8H2,1-3H3,(H,14,15). The Balaban J connectivity index is 2.43. The van der Waals surface area contributed by atoms with Crippen molar-refractivity contribution in [3.63, 3.8) is 0 Å². The minimum atomic E-state index is -0.515. The maximum atomic E-state index is 11.8. The largest absolute Gasteiger partial charge is 0.354 e. The van der Waals surface area contributed by atoms with Crippen molar-refractivity contribution >= 4 is 17.7 Å². The average molecular weight is 240 g/mol. The zero-order valence-electron chi connectivity index (χ0n) is 10.2. The van der Waals surface area contributed by atoms with Gasteiger partial charge in [0.1, 0.15) is 5.92 Å². The minimum Gasteiger partial charge on any atom is -0.354 e.